The maximum absolute atomic E-state index is 11.2. The highest BCUT2D eigenvalue weighted by atomic mass is 35.5. The van der Waals surface area contributed by atoms with E-state index in [2.05, 4.69) is 0 Å². The van der Waals surface area contributed by atoms with Crippen LogP contribution in [-0.2, 0) is 10.2 Å². The van der Waals surface area contributed by atoms with E-state index in [-0.39, 0.29) is 0 Å². The third-order valence-corrected chi connectivity index (χ3v) is 4.70. The Balaban J connectivity index is 2.41. The van der Waals surface area contributed by atoms with Crippen LogP contribution < -0.4 is 0 Å². The molecule has 0 spiro atoms. The van der Waals surface area contributed by atoms with Gasteiger partial charge in [0.05, 0.1) is 5.02 Å². The summed E-state index contributed by atoms with van der Waals surface area (Å²) in [7, 11) is 0. The molecule has 1 heterocycles. The summed E-state index contributed by atoms with van der Waals surface area (Å²) in [6, 6.07) is 1.81. The van der Waals surface area contributed by atoms with Crippen LogP contribution in [0.5, 0.6) is 0 Å². The highest BCUT2D eigenvalue weighted by Crippen LogP contribution is 2.47. The van der Waals surface area contributed by atoms with Crippen LogP contribution in [0.1, 0.15) is 29.0 Å². The Morgan fingerprint density at radius 3 is 2.57 bits per heavy atom. The van der Waals surface area contributed by atoms with Crippen molar-refractivity contribution >= 4 is 28.9 Å². The lowest BCUT2D eigenvalue weighted by Gasteiger charge is -2.36. The number of halogens is 1. The Hall–Kier alpha value is -0.540. The summed E-state index contributed by atoms with van der Waals surface area (Å²) >= 11 is 7.45. The van der Waals surface area contributed by atoms with Gasteiger partial charge in [0.15, 0.2) is 0 Å². The molecule has 1 fully saturated rings. The number of aliphatic carboxylic acids is 1. The maximum Gasteiger partial charge on any atom is 0.314 e. The van der Waals surface area contributed by atoms with Gasteiger partial charge in [-0.05, 0) is 25.8 Å². The van der Waals surface area contributed by atoms with E-state index in [9.17, 15) is 9.90 Å². The predicted molar refractivity (Wildman–Crippen MR) is 57.2 cm³/mol. The Morgan fingerprint density at radius 1 is 1.64 bits per heavy atom. The van der Waals surface area contributed by atoms with Crippen LogP contribution in [0.15, 0.2) is 6.07 Å². The van der Waals surface area contributed by atoms with E-state index in [0.717, 1.165) is 29.0 Å². The first-order valence-electron chi connectivity index (χ1n) is 4.56. The standard InChI is InChI=1S/C10H11ClO2S/c1-6-7(11)5-8(14-6)10(9(12)13)3-2-4-10/h5H,2-4H2,1H3,(H,12,13). The van der Waals surface area contributed by atoms with Gasteiger partial charge >= 0.3 is 5.97 Å². The summed E-state index contributed by atoms with van der Waals surface area (Å²) < 4.78 is 0. The van der Waals surface area contributed by atoms with Crippen LogP contribution in [0, 0.1) is 6.92 Å². The molecule has 14 heavy (non-hydrogen) atoms. The van der Waals surface area contributed by atoms with Crippen molar-refractivity contribution in [2.45, 2.75) is 31.6 Å². The SMILES string of the molecule is Cc1sc(C2(C(=O)O)CCC2)cc1Cl. The molecule has 0 amide bonds. The molecule has 0 aromatic carbocycles. The van der Waals surface area contributed by atoms with Crippen LogP contribution in [0.25, 0.3) is 0 Å². The molecule has 1 aromatic heterocycles. The fourth-order valence-corrected chi connectivity index (χ4v) is 3.23. The van der Waals surface area contributed by atoms with Crippen molar-refractivity contribution in [3.63, 3.8) is 0 Å². The van der Waals surface area contributed by atoms with E-state index in [4.69, 9.17) is 11.6 Å². The molecular formula is C10H11ClO2S. The van der Waals surface area contributed by atoms with E-state index < -0.39 is 11.4 Å². The van der Waals surface area contributed by atoms with Crippen molar-refractivity contribution in [3.8, 4) is 0 Å². The summed E-state index contributed by atoms with van der Waals surface area (Å²) in [5.74, 6) is -0.707. The monoisotopic (exact) mass is 230 g/mol. The molecule has 0 radical (unpaired) electrons. The second-order valence-corrected chi connectivity index (χ2v) is 5.42. The van der Waals surface area contributed by atoms with Crippen LogP contribution in [0.2, 0.25) is 5.02 Å². The van der Waals surface area contributed by atoms with E-state index in [1.54, 1.807) is 0 Å². The Bertz CT molecular complexity index is 360. The second kappa shape index (κ2) is 3.24. The first-order valence-corrected chi connectivity index (χ1v) is 5.75. The van der Waals surface area contributed by atoms with Gasteiger partial charge in [-0.1, -0.05) is 18.0 Å². The van der Waals surface area contributed by atoms with Gasteiger partial charge in [-0.25, -0.2) is 0 Å². The Morgan fingerprint density at radius 2 is 2.29 bits per heavy atom. The summed E-state index contributed by atoms with van der Waals surface area (Å²) in [6.07, 6.45) is 2.50. The minimum absolute atomic E-state index is 0.622. The van der Waals surface area contributed by atoms with Gasteiger partial charge in [-0.3, -0.25) is 4.79 Å². The van der Waals surface area contributed by atoms with Crippen molar-refractivity contribution in [1.82, 2.24) is 0 Å². The quantitative estimate of drug-likeness (QED) is 0.847. The minimum atomic E-state index is -0.707. The Labute approximate surface area is 91.5 Å². The lowest BCUT2D eigenvalue weighted by Crippen LogP contribution is -2.41. The van der Waals surface area contributed by atoms with Crippen molar-refractivity contribution in [2.24, 2.45) is 0 Å². The molecule has 2 nitrogen and oxygen atoms in total. The van der Waals surface area contributed by atoms with E-state index >= 15 is 0 Å². The molecule has 0 bridgehead atoms. The van der Waals surface area contributed by atoms with Crippen molar-refractivity contribution in [1.29, 1.82) is 0 Å². The number of aryl methyl sites for hydroxylation is 1. The van der Waals surface area contributed by atoms with Crippen molar-refractivity contribution in [2.75, 3.05) is 0 Å². The first-order chi connectivity index (χ1) is 6.56. The number of carboxylic acid groups (broad SMARTS) is 1. The van der Waals surface area contributed by atoms with Crippen molar-refractivity contribution < 1.29 is 9.90 Å². The molecule has 0 saturated heterocycles. The van der Waals surface area contributed by atoms with Gasteiger partial charge < -0.3 is 5.11 Å². The molecule has 1 N–H and O–H groups in total. The number of hydrogen-bond donors (Lipinski definition) is 1. The topological polar surface area (TPSA) is 37.3 Å². The summed E-state index contributed by atoms with van der Waals surface area (Å²) in [5, 5.41) is 9.89. The molecule has 2 rings (SSSR count). The molecule has 0 atom stereocenters. The van der Waals surface area contributed by atoms with Crippen LogP contribution >= 0.6 is 22.9 Å². The number of rotatable bonds is 2. The zero-order chi connectivity index (χ0) is 10.3. The summed E-state index contributed by atoms with van der Waals surface area (Å²) in [6.45, 7) is 1.92. The summed E-state index contributed by atoms with van der Waals surface area (Å²) in [5.41, 5.74) is -0.622. The van der Waals surface area contributed by atoms with Gasteiger partial charge in [0.25, 0.3) is 0 Å². The van der Waals surface area contributed by atoms with Crippen LogP contribution in [-0.4, -0.2) is 11.1 Å². The minimum Gasteiger partial charge on any atom is -0.481 e. The number of carbonyl (C=O) groups is 1. The molecule has 76 valence electrons. The molecule has 1 aliphatic carbocycles. The Kier molecular flexibility index (Phi) is 2.32. The van der Waals surface area contributed by atoms with Crippen LogP contribution in [0.3, 0.4) is 0 Å². The van der Waals surface area contributed by atoms with Gasteiger partial charge in [-0.15, -0.1) is 11.3 Å². The highest BCUT2D eigenvalue weighted by molar-refractivity contribution is 7.12. The van der Waals surface area contributed by atoms with Crippen molar-refractivity contribution in [3.05, 3.63) is 20.8 Å². The smallest absolute Gasteiger partial charge is 0.314 e. The van der Waals surface area contributed by atoms with E-state index in [1.165, 1.54) is 11.3 Å². The fraction of sp³-hybridized carbons (Fsp3) is 0.500. The normalized spacial score (nSPS) is 19.0. The predicted octanol–water partition coefficient (Wildman–Crippen LogP) is 3.22. The lowest BCUT2D eigenvalue weighted by atomic mass is 9.68. The van der Waals surface area contributed by atoms with Gasteiger partial charge in [-0.2, -0.15) is 0 Å². The fourth-order valence-electron chi connectivity index (χ4n) is 1.79. The van der Waals surface area contributed by atoms with Gasteiger partial charge in [0, 0.05) is 9.75 Å². The average Bonchev–Trinajstić information content (AvgIpc) is 2.28. The van der Waals surface area contributed by atoms with E-state index in [0.29, 0.717) is 5.02 Å². The lowest BCUT2D eigenvalue weighted by molar-refractivity contribution is -0.147. The third-order valence-electron chi connectivity index (χ3n) is 2.95. The van der Waals surface area contributed by atoms with E-state index in [1.807, 2.05) is 13.0 Å². The molecule has 1 aliphatic rings. The number of hydrogen-bond acceptors (Lipinski definition) is 2. The molecule has 4 heteroatoms. The first kappa shape index (κ1) is 9.99. The molecule has 1 saturated carbocycles. The number of thiophene rings is 1. The maximum atomic E-state index is 11.2. The largest absolute Gasteiger partial charge is 0.481 e. The summed E-state index contributed by atoms with van der Waals surface area (Å²) in [4.78, 5) is 13.1. The number of carboxylic acids is 1. The van der Waals surface area contributed by atoms with Gasteiger partial charge in [0.1, 0.15) is 5.41 Å². The zero-order valence-electron chi connectivity index (χ0n) is 7.84. The molecule has 0 aliphatic heterocycles. The van der Waals surface area contributed by atoms with Gasteiger partial charge in [0.2, 0.25) is 0 Å². The third kappa shape index (κ3) is 1.27. The highest BCUT2D eigenvalue weighted by Gasteiger charge is 2.47. The molecular weight excluding hydrogens is 220 g/mol. The molecule has 1 aromatic rings. The molecule has 0 unspecified atom stereocenters. The zero-order valence-corrected chi connectivity index (χ0v) is 9.41. The average molecular weight is 231 g/mol. The second-order valence-electron chi connectivity index (χ2n) is 3.76. The van der Waals surface area contributed by atoms with Crippen LogP contribution in [0.4, 0.5) is 0 Å².